The molecule has 2 N–H and O–H groups in total. The van der Waals surface area contributed by atoms with Gasteiger partial charge in [-0.1, -0.05) is 0 Å². The molecule has 1 aliphatic heterocycles. The van der Waals surface area contributed by atoms with Crippen LogP contribution in [0.15, 0.2) is 0 Å². The molecule has 1 rings (SSSR count). The quantitative estimate of drug-likeness (QED) is 0.436. The molecule has 1 unspecified atom stereocenters. The third-order valence-corrected chi connectivity index (χ3v) is 4.12. The lowest BCUT2D eigenvalue weighted by Gasteiger charge is -2.26. The number of rotatable bonds is 5. The summed E-state index contributed by atoms with van der Waals surface area (Å²) in [5.41, 5.74) is 0. The first-order chi connectivity index (χ1) is 7.03. The zero-order valence-corrected chi connectivity index (χ0v) is 9.78. The highest BCUT2D eigenvalue weighted by atomic mass is 31.2. The third-order valence-electron chi connectivity index (χ3n) is 2.29. The minimum atomic E-state index is -3.23. The van der Waals surface area contributed by atoms with Gasteiger partial charge in [0.05, 0.1) is 13.2 Å². The van der Waals surface area contributed by atoms with Gasteiger partial charge in [-0.25, -0.2) is 0 Å². The summed E-state index contributed by atoms with van der Waals surface area (Å²) in [7, 11) is -1.73. The Bertz CT molecular complexity index is 255. The van der Waals surface area contributed by atoms with Crippen molar-refractivity contribution in [2.45, 2.75) is 0 Å². The van der Waals surface area contributed by atoms with E-state index >= 15 is 0 Å². The number of quaternary nitrogens is 1. The van der Waals surface area contributed by atoms with Crippen molar-refractivity contribution in [2.75, 3.05) is 45.9 Å². The second kappa shape index (κ2) is 5.61. The predicted octanol–water partition coefficient (Wildman–Crippen LogP) is -1.82. The summed E-state index contributed by atoms with van der Waals surface area (Å²) in [6.07, 6.45) is 0.715. The minimum Gasteiger partial charge on any atom is -0.370 e. The number of hydrogen-bond donors (Lipinski definition) is 2. The molecule has 0 spiro atoms. The molecule has 1 atom stereocenters. The van der Waals surface area contributed by atoms with Crippen LogP contribution in [0.5, 0.6) is 0 Å². The van der Waals surface area contributed by atoms with Gasteiger partial charge in [-0.3, -0.25) is 9.36 Å². The maximum absolute atomic E-state index is 11.7. The van der Waals surface area contributed by atoms with Gasteiger partial charge in [-0.15, -0.1) is 0 Å². The van der Waals surface area contributed by atoms with E-state index in [0.29, 0.717) is 19.6 Å². The van der Waals surface area contributed by atoms with Gasteiger partial charge in [-0.2, -0.15) is 0 Å². The number of carbonyl (C=O) groups is 1. The molecule has 1 amide bonds. The van der Waals surface area contributed by atoms with Crippen molar-refractivity contribution in [3.05, 3.63) is 0 Å². The van der Waals surface area contributed by atoms with Gasteiger partial charge >= 0.3 is 0 Å². The Morgan fingerprint density at radius 3 is 2.67 bits per heavy atom. The highest BCUT2D eigenvalue weighted by Crippen LogP contribution is 2.37. The highest BCUT2D eigenvalue weighted by Gasteiger charge is 2.28. The normalized spacial score (nSPS) is 22.0. The molecule has 1 fully saturated rings. The van der Waals surface area contributed by atoms with E-state index in [1.54, 1.807) is 0 Å². The molecule has 0 bridgehead atoms. The average molecular weight is 237 g/mol. The third kappa shape index (κ3) is 4.75. The summed E-state index contributed by atoms with van der Waals surface area (Å²) in [5.74, 6) is 0. The second-order valence-corrected chi connectivity index (χ2v) is 6.16. The standard InChI is InChI=1S/C8H17N2O4P/c1-9(6-11)7-15(12,13)8-10-2-4-14-5-3-10/h6H,2-5,7-8H2,1H3,(H,12,13)/p+1. The number of carbonyl (C=O) groups excluding carboxylic acids is 1. The molecule has 0 aliphatic carbocycles. The SMILES string of the molecule is CN(C=O)CP(=O)(O)C[NH+]1CCOCC1. The van der Waals surface area contributed by atoms with Crippen LogP contribution >= 0.6 is 7.37 Å². The van der Waals surface area contributed by atoms with Crippen molar-refractivity contribution in [3.8, 4) is 0 Å². The predicted molar refractivity (Wildman–Crippen MR) is 54.9 cm³/mol. The van der Waals surface area contributed by atoms with Gasteiger partial charge < -0.3 is 19.4 Å². The lowest BCUT2D eigenvalue weighted by molar-refractivity contribution is -0.897. The van der Waals surface area contributed by atoms with Crippen LogP contribution in [0.2, 0.25) is 0 Å². The maximum atomic E-state index is 11.7. The van der Waals surface area contributed by atoms with Crippen molar-refractivity contribution in [2.24, 2.45) is 0 Å². The lowest BCUT2D eigenvalue weighted by Crippen LogP contribution is -3.13. The van der Waals surface area contributed by atoms with E-state index in [0.717, 1.165) is 18.0 Å². The number of amides is 1. The summed E-state index contributed by atoms with van der Waals surface area (Å²) in [5, 5.41) is 0. The van der Waals surface area contributed by atoms with Gasteiger partial charge in [0.1, 0.15) is 19.4 Å². The zero-order valence-electron chi connectivity index (χ0n) is 8.89. The van der Waals surface area contributed by atoms with Crippen molar-refractivity contribution >= 4 is 13.8 Å². The van der Waals surface area contributed by atoms with E-state index in [2.05, 4.69) is 0 Å². The largest absolute Gasteiger partial charge is 0.370 e. The van der Waals surface area contributed by atoms with E-state index in [9.17, 15) is 14.3 Å². The minimum absolute atomic E-state index is 0.0686. The molecular weight excluding hydrogens is 219 g/mol. The van der Waals surface area contributed by atoms with Gasteiger partial charge in [0.2, 0.25) is 6.41 Å². The van der Waals surface area contributed by atoms with Crippen LogP contribution in [0.4, 0.5) is 0 Å². The fourth-order valence-electron chi connectivity index (χ4n) is 1.60. The Morgan fingerprint density at radius 2 is 2.13 bits per heavy atom. The molecular formula is C8H18N2O4P+. The zero-order chi connectivity index (χ0) is 11.3. The van der Waals surface area contributed by atoms with Crippen molar-refractivity contribution < 1.29 is 23.9 Å². The van der Waals surface area contributed by atoms with Crippen LogP contribution in [-0.2, 0) is 14.1 Å². The number of hydrogen-bond acceptors (Lipinski definition) is 3. The van der Waals surface area contributed by atoms with E-state index in [1.807, 2.05) is 0 Å². The highest BCUT2D eigenvalue weighted by molar-refractivity contribution is 7.57. The van der Waals surface area contributed by atoms with Crippen molar-refractivity contribution in [3.63, 3.8) is 0 Å². The topological polar surface area (TPSA) is 71.3 Å². The number of ether oxygens (including phenoxy) is 1. The molecule has 1 aliphatic rings. The first kappa shape index (κ1) is 12.6. The summed E-state index contributed by atoms with van der Waals surface area (Å²) >= 11 is 0. The lowest BCUT2D eigenvalue weighted by atomic mass is 10.5. The molecule has 0 radical (unpaired) electrons. The number of nitrogens with zero attached hydrogens (tertiary/aromatic N) is 1. The number of morpholine rings is 1. The maximum Gasteiger partial charge on any atom is 0.271 e. The van der Waals surface area contributed by atoms with Crippen LogP contribution in [-0.4, -0.2) is 62.1 Å². The van der Waals surface area contributed by atoms with Crippen molar-refractivity contribution in [1.29, 1.82) is 0 Å². The summed E-state index contributed by atoms with van der Waals surface area (Å²) in [6, 6.07) is 0. The fraction of sp³-hybridized carbons (Fsp3) is 0.875. The molecule has 0 aromatic heterocycles. The molecule has 1 heterocycles. The Balaban J connectivity index is 2.40. The first-order valence-electron chi connectivity index (χ1n) is 4.91. The summed E-state index contributed by atoms with van der Waals surface area (Å²) in [4.78, 5) is 22.3. The fourth-order valence-corrected chi connectivity index (χ4v) is 3.48. The summed E-state index contributed by atoms with van der Waals surface area (Å²) < 4.78 is 16.9. The molecule has 1 saturated heterocycles. The molecule has 0 saturated carbocycles. The Kier molecular flexibility index (Phi) is 4.73. The average Bonchev–Trinajstić information content (AvgIpc) is 2.17. The van der Waals surface area contributed by atoms with Crippen LogP contribution in [0.3, 0.4) is 0 Å². The van der Waals surface area contributed by atoms with Gasteiger partial charge in [-0.05, 0) is 0 Å². The first-order valence-corrected chi connectivity index (χ1v) is 6.94. The van der Waals surface area contributed by atoms with E-state index in [-0.39, 0.29) is 12.6 Å². The summed E-state index contributed by atoms with van der Waals surface area (Å²) in [6.45, 7) is 2.79. The molecule has 7 heteroatoms. The molecule has 6 nitrogen and oxygen atoms in total. The monoisotopic (exact) mass is 237 g/mol. The number of nitrogens with one attached hydrogen (secondary N) is 1. The van der Waals surface area contributed by atoms with Gasteiger partial charge in [0.25, 0.3) is 7.37 Å². The van der Waals surface area contributed by atoms with E-state index in [4.69, 9.17) is 4.74 Å². The van der Waals surface area contributed by atoms with Crippen LogP contribution < -0.4 is 4.90 Å². The Morgan fingerprint density at radius 1 is 1.53 bits per heavy atom. The molecule has 88 valence electrons. The Hall–Kier alpha value is -0.420. The smallest absolute Gasteiger partial charge is 0.271 e. The van der Waals surface area contributed by atoms with Crippen LogP contribution in [0.25, 0.3) is 0 Å². The second-order valence-electron chi connectivity index (χ2n) is 3.87. The molecule has 15 heavy (non-hydrogen) atoms. The molecule has 0 aromatic carbocycles. The Labute approximate surface area is 89.3 Å². The van der Waals surface area contributed by atoms with Gasteiger partial charge in [0, 0.05) is 7.05 Å². The van der Waals surface area contributed by atoms with E-state index < -0.39 is 7.37 Å². The van der Waals surface area contributed by atoms with E-state index in [1.165, 1.54) is 11.9 Å². The van der Waals surface area contributed by atoms with Gasteiger partial charge in [0.15, 0.2) is 6.29 Å². The van der Waals surface area contributed by atoms with Crippen LogP contribution in [0, 0.1) is 0 Å². The van der Waals surface area contributed by atoms with Crippen LogP contribution in [0.1, 0.15) is 0 Å². The van der Waals surface area contributed by atoms with Crippen molar-refractivity contribution in [1.82, 2.24) is 4.90 Å². The molecule has 0 aromatic rings.